The Bertz CT molecular complexity index is 1080. The zero-order valence-electron chi connectivity index (χ0n) is 19.2. The molecule has 3 rings (SSSR count). The first-order chi connectivity index (χ1) is 16.0. The maximum Gasteiger partial charge on any atom is 0.246 e. The van der Waals surface area contributed by atoms with Gasteiger partial charge in [-0.3, -0.25) is 4.79 Å². The zero-order chi connectivity index (χ0) is 23.6. The predicted molar refractivity (Wildman–Crippen MR) is 145 cm³/mol. The van der Waals surface area contributed by atoms with Crippen molar-refractivity contribution >= 4 is 46.0 Å². The van der Waals surface area contributed by atoms with Crippen LogP contribution in [0.3, 0.4) is 0 Å². The highest BCUT2D eigenvalue weighted by molar-refractivity contribution is 7.81. The summed E-state index contributed by atoms with van der Waals surface area (Å²) in [5.74, 6) is -0.0478. The van der Waals surface area contributed by atoms with E-state index in [2.05, 4.69) is 17.6 Å². The van der Waals surface area contributed by atoms with Gasteiger partial charge in [-0.15, -0.1) is 0 Å². The standard InChI is InChI=1S/C28H31ClN2OS/c1-3-4-5-9-16-26(28(32)31-21-13-7-6-8-14-21)30-22-17-18-24(25(29)19-22)27(33)23-15-11-10-12-20(23)2/h6-8,10-15,17-19,26,30H,3-5,9,16H2,1-2H3,(H,31,32). The van der Waals surface area contributed by atoms with Gasteiger partial charge in [0.05, 0.1) is 9.89 Å². The third kappa shape index (κ3) is 7.15. The van der Waals surface area contributed by atoms with Crippen molar-refractivity contribution < 1.29 is 4.79 Å². The number of hydrogen-bond acceptors (Lipinski definition) is 3. The van der Waals surface area contributed by atoms with Gasteiger partial charge >= 0.3 is 0 Å². The topological polar surface area (TPSA) is 41.1 Å². The summed E-state index contributed by atoms with van der Waals surface area (Å²) < 4.78 is 0. The summed E-state index contributed by atoms with van der Waals surface area (Å²) in [4.78, 5) is 13.8. The predicted octanol–water partition coefficient (Wildman–Crippen LogP) is 7.80. The molecule has 0 saturated heterocycles. The first kappa shape index (κ1) is 24.9. The first-order valence-electron chi connectivity index (χ1n) is 11.5. The van der Waals surface area contributed by atoms with Crippen molar-refractivity contribution in [1.82, 2.24) is 0 Å². The average molecular weight is 479 g/mol. The molecule has 3 nitrogen and oxygen atoms in total. The molecule has 1 unspecified atom stereocenters. The number of amides is 1. The quantitative estimate of drug-likeness (QED) is 0.168. The fourth-order valence-corrected chi connectivity index (χ4v) is 4.50. The van der Waals surface area contributed by atoms with Gasteiger partial charge in [0.1, 0.15) is 6.04 Å². The Balaban J connectivity index is 1.75. The van der Waals surface area contributed by atoms with E-state index in [4.69, 9.17) is 23.8 Å². The molecule has 1 atom stereocenters. The number of carbonyl (C=O) groups excluding carboxylic acids is 1. The highest BCUT2D eigenvalue weighted by Gasteiger charge is 2.19. The number of carbonyl (C=O) groups is 1. The summed E-state index contributed by atoms with van der Waals surface area (Å²) in [7, 11) is 0. The second kappa shape index (κ2) is 12.5. The van der Waals surface area contributed by atoms with Gasteiger partial charge in [-0.25, -0.2) is 0 Å². The molecule has 0 aliphatic heterocycles. The lowest BCUT2D eigenvalue weighted by molar-refractivity contribution is -0.117. The molecule has 0 spiro atoms. The molecule has 3 aromatic carbocycles. The fourth-order valence-electron chi connectivity index (χ4n) is 3.76. The number of para-hydroxylation sites is 1. The molecule has 1 amide bonds. The van der Waals surface area contributed by atoms with Crippen LogP contribution in [0.15, 0.2) is 72.8 Å². The number of rotatable bonds is 11. The first-order valence-corrected chi connectivity index (χ1v) is 12.3. The molecule has 0 saturated carbocycles. The summed E-state index contributed by atoms with van der Waals surface area (Å²) in [6.45, 7) is 4.22. The van der Waals surface area contributed by atoms with Crippen molar-refractivity contribution in [2.24, 2.45) is 0 Å². The summed E-state index contributed by atoms with van der Waals surface area (Å²) >= 11 is 12.4. The maximum absolute atomic E-state index is 13.0. The smallest absolute Gasteiger partial charge is 0.246 e. The van der Waals surface area contributed by atoms with Crippen LogP contribution >= 0.6 is 23.8 Å². The monoisotopic (exact) mass is 478 g/mol. The highest BCUT2D eigenvalue weighted by Crippen LogP contribution is 2.26. The largest absolute Gasteiger partial charge is 0.374 e. The number of unbranched alkanes of at least 4 members (excludes halogenated alkanes) is 3. The van der Waals surface area contributed by atoms with Gasteiger partial charge in [0.2, 0.25) is 5.91 Å². The molecular weight excluding hydrogens is 448 g/mol. The van der Waals surface area contributed by atoms with Crippen LogP contribution in [-0.2, 0) is 4.79 Å². The Kier molecular flexibility index (Phi) is 9.47. The lowest BCUT2D eigenvalue weighted by Crippen LogP contribution is -2.34. The van der Waals surface area contributed by atoms with Gasteiger partial charge in [-0.05, 0) is 54.8 Å². The fraction of sp³-hybridized carbons (Fsp3) is 0.286. The Morgan fingerprint density at radius 2 is 1.64 bits per heavy atom. The van der Waals surface area contributed by atoms with Crippen molar-refractivity contribution in [2.45, 2.75) is 52.0 Å². The third-order valence-electron chi connectivity index (χ3n) is 5.65. The highest BCUT2D eigenvalue weighted by atomic mass is 35.5. The van der Waals surface area contributed by atoms with E-state index in [-0.39, 0.29) is 11.9 Å². The molecule has 3 aromatic rings. The lowest BCUT2D eigenvalue weighted by Gasteiger charge is -2.20. The van der Waals surface area contributed by atoms with Crippen LogP contribution in [0.25, 0.3) is 0 Å². The minimum absolute atomic E-state index is 0.0478. The number of nitrogens with one attached hydrogen (secondary N) is 2. The van der Waals surface area contributed by atoms with Crippen molar-refractivity contribution in [1.29, 1.82) is 0 Å². The SMILES string of the molecule is CCCCCCC(Nc1ccc(C(=S)c2ccccc2C)c(Cl)c1)C(=O)Nc1ccccc1. The molecule has 0 bridgehead atoms. The van der Waals surface area contributed by atoms with E-state index < -0.39 is 0 Å². The third-order valence-corrected chi connectivity index (χ3v) is 6.40. The van der Waals surface area contributed by atoms with E-state index in [9.17, 15) is 4.79 Å². The van der Waals surface area contributed by atoms with E-state index in [1.165, 1.54) is 6.42 Å². The summed E-state index contributed by atoms with van der Waals surface area (Å²) in [6, 6.07) is 23.0. The summed E-state index contributed by atoms with van der Waals surface area (Å²) in [6.07, 6.45) is 5.17. The van der Waals surface area contributed by atoms with Crippen molar-refractivity contribution in [3.63, 3.8) is 0 Å². The number of anilines is 2. The minimum atomic E-state index is -0.354. The molecule has 0 radical (unpaired) electrons. The molecule has 0 heterocycles. The number of halogens is 1. The molecule has 0 aliphatic carbocycles. The molecule has 5 heteroatoms. The van der Waals surface area contributed by atoms with E-state index in [1.807, 2.05) is 79.7 Å². The van der Waals surface area contributed by atoms with Crippen LogP contribution in [0, 0.1) is 6.92 Å². The second-order valence-electron chi connectivity index (χ2n) is 8.24. The molecule has 2 N–H and O–H groups in total. The van der Waals surface area contributed by atoms with Crippen molar-refractivity contribution in [2.75, 3.05) is 10.6 Å². The van der Waals surface area contributed by atoms with Crippen molar-refractivity contribution in [3.05, 3.63) is 94.5 Å². The molecule has 0 aliphatic rings. The van der Waals surface area contributed by atoms with Gasteiger partial charge in [0.25, 0.3) is 0 Å². The van der Waals surface area contributed by atoms with Crippen molar-refractivity contribution in [3.8, 4) is 0 Å². The Morgan fingerprint density at radius 3 is 2.33 bits per heavy atom. The molecule has 0 fully saturated rings. The van der Waals surface area contributed by atoms with Crippen LogP contribution < -0.4 is 10.6 Å². The second-order valence-corrected chi connectivity index (χ2v) is 9.06. The van der Waals surface area contributed by atoms with Crippen LogP contribution in [0.5, 0.6) is 0 Å². The Morgan fingerprint density at radius 1 is 0.909 bits per heavy atom. The summed E-state index contributed by atoms with van der Waals surface area (Å²) in [5, 5.41) is 6.99. The van der Waals surface area contributed by atoms with Gasteiger partial charge in [-0.2, -0.15) is 0 Å². The van der Waals surface area contributed by atoms with E-state index in [1.54, 1.807) is 0 Å². The van der Waals surface area contributed by atoms with Crippen LogP contribution in [-0.4, -0.2) is 16.8 Å². The molecule has 172 valence electrons. The van der Waals surface area contributed by atoms with Gasteiger partial charge < -0.3 is 10.6 Å². The van der Waals surface area contributed by atoms with Crippen LogP contribution in [0.2, 0.25) is 5.02 Å². The van der Waals surface area contributed by atoms with E-state index in [0.29, 0.717) is 5.02 Å². The number of hydrogen-bond donors (Lipinski definition) is 2. The normalized spacial score (nSPS) is 11.6. The van der Waals surface area contributed by atoms with Gasteiger partial charge in [0.15, 0.2) is 0 Å². The molecule has 0 aromatic heterocycles. The van der Waals surface area contributed by atoms with E-state index in [0.717, 1.165) is 58.6 Å². The lowest BCUT2D eigenvalue weighted by atomic mass is 10.00. The zero-order valence-corrected chi connectivity index (χ0v) is 20.8. The van der Waals surface area contributed by atoms with Gasteiger partial charge in [0, 0.05) is 16.9 Å². The number of thiocarbonyl (C=S) groups is 1. The van der Waals surface area contributed by atoms with Gasteiger partial charge in [-0.1, -0.05) is 98.9 Å². The molecular formula is C28H31ClN2OS. The number of aryl methyl sites for hydroxylation is 1. The maximum atomic E-state index is 13.0. The summed E-state index contributed by atoms with van der Waals surface area (Å²) in [5.41, 5.74) is 4.54. The Hall–Kier alpha value is -2.69. The Labute approximate surface area is 207 Å². The van der Waals surface area contributed by atoms with Crippen LogP contribution in [0.4, 0.5) is 11.4 Å². The van der Waals surface area contributed by atoms with Crippen LogP contribution in [0.1, 0.15) is 55.7 Å². The minimum Gasteiger partial charge on any atom is -0.374 e. The average Bonchev–Trinajstić information content (AvgIpc) is 2.81. The number of benzene rings is 3. The van der Waals surface area contributed by atoms with E-state index >= 15 is 0 Å². The molecule has 33 heavy (non-hydrogen) atoms.